The lowest BCUT2D eigenvalue weighted by molar-refractivity contribution is 0.0985. The van der Waals surface area contributed by atoms with Crippen molar-refractivity contribution in [1.29, 1.82) is 0 Å². The van der Waals surface area contributed by atoms with E-state index in [9.17, 15) is 24.6 Å². The summed E-state index contributed by atoms with van der Waals surface area (Å²) < 4.78 is 0. The number of phenolic OH excluding ortho intramolecular Hbond substituents is 2. The van der Waals surface area contributed by atoms with Crippen LogP contribution < -0.4 is 21.5 Å². The molecule has 3 aromatic carbocycles. The zero-order valence-electron chi connectivity index (χ0n) is 15.4. The number of benzene rings is 2. The van der Waals surface area contributed by atoms with Gasteiger partial charge in [-0.25, -0.2) is 0 Å². The van der Waals surface area contributed by atoms with Gasteiger partial charge in [-0.2, -0.15) is 0 Å². The first-order valence-corrected chi connectivity index (χ1v) is 8.83. The van der Waals surface area contributed by atoms with Crippen molar-refractivity contribution in [2.45, 2.75) is 26.3 Å². The monoisotopic (exact) mass is 380 g/mol. The molecule has 1 unspecified atom stereocenters. The van der Waals surface area contributed by atoms with Crippen LogP contribution in [0.5, 0.6) is 11.5 Å². The molecule has 0 aliphatic rings. The number of Topliss-reactive ketones (excluding diaryl/α,β-unsaturated/α-hetero) is 1. The van der Waals surface area contributed by atoms with Crippen molar-refractivity contribution >= 4 is 22.8 Å². The summed E-state index contributed by atoms with van der Waals surface area (Å²) in [4.78, 5) is 36.0. The van der Waals surface area contributed by atoms with E-state index in [0.29, 0.717) is 5.69 Å². The van der Waals surface area contributed by atoms with Crippen LogP contribution in [0, 0.1) is 0 Å². The van der Waals surface area contributed by atoms with Crippen LogP contribution in [-0.2, 0) is 0 Å². The number of ketones is 1. The standard InChI is InChI=1S/C21H20N2O5/c1-3-16(25)15-10-13(7-8-17(15)26)23-19-18(20(27)21(19)28)22-11(2)12-5-4-6-14(24)9-12/h4-11,22-24,26H,3H2,1-2H3. The van der Waals surface area contributed by atoms with E-state index < -0.39 is 10.9 Å². The molecule has 3 rings (SSSR count). The number of anilines is 3. The van der Waals surface area contributed by atoms with Gasteiger partial charge in [-0.15, -0.1) is 0 Å². The van der Waals surface area contributed by atoms with Gasteiger partial charge in [0.05, 0.1) is 5.56 Å². The molecule has 0 amide bonds. The van der Waals surface area contributed by atoms with E-state index >= 15 is 0 Å². The Kier molecular flexibility index (Phi) is 5.17. The summed E-state index contributed by atoms with van der Waals surface area (Å²) in [5.41, 5.74) is 0.234. The maximum atomic E-state index is 12.0. The highest BCUT2D eigenvalue weighted by Gasteiger charge is 2.23. The molecule has 0 radical (unpaired) electrons. The molecule has 0 bridgehead atoms. The number of nitrogens with one attached hydrogen (secondary N) is 2. The van der Waals surface area contributed by atoms with Crippen LogP contribution in [0.25, 0.3) is 0 Å². The highest BCUT2D eigenvalue weighted by atomic mass is 16.3. The Morgan fingerprint density at radius 1 is 1.04 bits per heavy atom. The van der Waals surface area contributed by atoms with Crippen molar-refractivity contribution in [3.05, 3.63) is 74.0 Å². The van der Waals surface area contributed by atoms with Gasteiger partial charge in [0, 0.05) is 18.2 Å². The molecule has 0 spiro atoms. The molecule has 7 heteroatoms. The van der Waals surface area contributed by atoms with E-state index in [1.165, 1.54) is 18.2 Å². The smallest absolute Gasteiger partial charge is 0.253 e. The van der Waals surface area contributed by atoms with E-state index in [2.05, 4.69) is 10.6 Å². The molecule has 144 valence electrons. The van der Waals surface area contributed by atoms with Crippen LogP contribution >= 0.6 is 0 Å². The Labute approximate surface area is 161 Å². The van der Waals surface area contributed by atoms with E-state index in [1.54, 1.807) is 38.1 Å². The first kappa shape index (κ1) is 19.2. The van der Waals surface area contributed by atoms with Crippen molar-refractivity contribution in [3.63, 3.8) is 0 Å². The van der Waals surface area contributed by atoms with Crippen LogP contribution in [0.3, 0.4) is 0 Å². The van der Waals surface area contributed by atoms with Gasteiger partial charge >= 0.3 is 0 Å². The maximum absolute atomic E-state index is 12.0. The molecule has 0 aromatic heterocycles. The Bertz CT molecular complexity index is 1110. The number of hydrogen-bond acceptors (Lipinski definition) is 7. The fourth-order valence-corrected chi connectivity index (χ4v) is 2.91. The molecule has 0 fully saturated rings. The molecule has 28 heavy (non-hydrogen) atoms. The average molecular weight is 380 g/mol. The summed E-state index contributed by atoms with van der Waals surface area (Å²) in [6, 6.07) is 10.6. The van der Waals surface area contributed by atoms with Gasteiger partial charge in [0.15, 0.2) is 5.78 Å². The van der Waals surface area contributed by atoms with Crippen molar-refractivity contribution in [1.82, 2.24) is 0 Å². The number of carbonyl (C=O) groups is 1. The van der Waals surface area contributed by atoms with Gasteiger partial charge in [-0.05, 0) is 42.8 Å². The van der Waals surface area contributed by atoms with Gasteiger partial charge in [0.25, 0.3) is 10.9 Å². The SMILES string of the molecule is CCC(=O)c1cc(Nc2c(NC(C)c3cccc(O)c3)c(=O)c2=O)ccc1O. The van der Waals surface area contributed by atoms with E-state index in [1.807, 2.05) is 0 Å². The highest BCUT2D eigenvalue weighted by Crippen LogP contribution is 2.29. The average Bonchev–Trinajstić information content (AvgIpc) is 2.70. The second-order valence-electron chi connectivity index (χ2n) is 6.50. The Hall–Kier alpha value is -3.61. The summed E-state index contributed by atoms with van der Waals surface area (Å²) in [5.74, 6) is -0.271. The minimum atomic E-state index is -0.665. The molecule has 4 N–H and O–H groups in total. The summed E-state index contributed by atoms with van der Waals surface area (Å²) in [6.07, 6.45) is 0.228. The molecule has 1 atom stereocenters. The quantitative estimate of drug-likeness (QED) is 0.283. The molecular formula is C21H20N2O5. The topological polar surface area (TPSA) is 116 Å². The zero-order valence-corrected chi connectivity index (χ0v) is 15.4. The van der Waals surface area contributed by atoms with Gasteiger partial charge in [0.2, 0.25) is 0 Å². The molecule has 0 heterocycles. The predicted molar refractivity (Wildman–Crippen MR) is 108 cm³/mol. The first-order chi connectivity index (χ1) is 13.3. The lowest BCUT2D eigenvalue weighted by atomic mass is 10.1. The van der Waals surface area contributed by atoms with Gasteiger partial charge in [-0.1, -0.05) is 19.1 Å². The molecular weight excluding hydrogens is 360 g/mol. The number of carbonyl (C=O) groups excluding carboxylic acids is 1. The number of hydrogen-bond donors (Lipinski definition) is 4. The van der Waals surface area contributed by atoms with Gasteiger partial charge in [-0.3, -0.25) is 14.4 Å². The summed E-state index contributed by atoms with van der Waals surface area (Å²) >= 11 is 0. The minimum absolute atomic E-state index is 0.0950. The molecule has 0 saturated carbocycles. The van der Waals surface area contributed by atoms with Crippen LogP contribution in [0.15, 0.2) is 52.1 Å². The summed E-state index contributed by atoms with van der Waals surface area (Å²) in [6.45, 7) is 3.48. The third kappa shape index (κ3) is 3.59. The minimum Gasteiger partial charge on any atom is -0.508 e. The van der Waals surface area contributed by atoms with E-state index in [0.717, 1.165) is 5.56 Å². The summed E-state index contributed by atoms with van der Waals surface area (Å²) in [5, 5.41) is 25.3. The van der Waals surface area contributed by atoms with Crippen molar-refractivity contribution in [3.8, 4) is 11.5 Å². The predicted octanol–water partition coefficient (Wildman–Crippen LogP) is 3.20. The molecule has 7 nitrogen and oxygen atoms in total. The lowest BCUT2D eigenvalue weighted by Gasteiger charge is -2.20. The highest BCUT2D eigenvalue weighted by molar-refractivity contribution is 5.99. The summed E-state index contributed by atoms with van der Waals surface area (Å²) in [7, 11) is 0. The largest absolute Gasteiger partial charge is 0.508 e. The fourth-order valence-electron chi connectivity index (χ4n) is 2.91. The first-order valence-electron chi connectivity index (χ1n) is 8.83. The molecule has 0 aliphatic heterocycles. The number of phenols is 2. The van der Waals surface area contributed by atoms with E-state index in [4.69, 9.17) is 0 Å². The number of aromatic hydroxyl groups is 2. The maximum Gasteiger partial charge on any atom is 0.253 e. The lowest BCUT2D eigenvalue weighted by Crippen LogP contribution is -2.37. The van der Waals surface area contributed by atoms with Crippen molar-refractivity contribution in [2.24, 2.45) is 0 Å². The Balaban J connectivity index is 1.86. The van der Waals surface area contributed by atoms with Gasteiger partial charge < -0.3 is 20.8 Å². The van der Waals surface area contributed by atoms with Crippen LogP contribution in [0.4, 0.5) is 17.1 Å². The Morgan fingerprint density at radius 2 is 1.75 bits per heavy atom. The third-order valence-electron chi connectivity index (χ3n) is 4.53. The van der Waals surface area contributed by atoms with E-state index in [-0.39, 0.29) is 46.7 Å². The number of rotatable bonds is 7. The normalized spacial score (nSPS) is 11.9. The second-order valence-corrected chi connectivity index (χ2v) is 6.50. The second kappa shape index (κ2) is 7.56. The fraction of sp³-hybridized carbons (Fsp3) is 0.190. The van der Waals surface area contributed by atoms with Crippen LogP contribution in [0.2, 0.25) is 0 Å². The Morgan fingerprint density at radius 3 is 2.43 bits per heavy atom. The van der Waals surface area contributed by atoms with Gasteiger partial charge in [0.1, 0.15) is 22.9 Å². The van der Waals surface area contributed by atoms with Crippen molar-refractivity contribution < 1.29 is 15.0 Å². The zero-order chi connectivity index (χ0) is 20.4. The molecule has 0 aliphatic carbocycles. The molecule has 0 saturated heterocycles. The third-order valence-corrected chi connectivity index (χ3v) is 4.53. The van der Waals surface area contributed by atoms with Crippen LogP contribution in [0.1, 0.15) is 42.2 Å². The molecule has 3 aromatic rings. The van der Waals surface area contributed by atoms with Crippen LogP contribution in [-0.4, -0.2) is 16.0 Å². The van der Waals surface area contributed by atoms with Crippen molar-refractivity contribution in [2.75, 3.05) is 10.6 Å².